The summed E-state index contributed by atoms with van der Waals surface area (Å²) in [6, 6.07) is 11.8. The highest BCUT2D eigenvalue weighted by molar-refractivity contribution is 5.83. The van der Waals surface area contributed by atoms with Gasteiger partial charge in [0.15, 0.2) is 11.5 Å². The van der Waals surface area contributed by atoms with E-state index in [1.807, 2.05) is 36.4 Å². The average molecular weight is 284 g/mol. The zero-order valence-electron chi connectivity index (χ0n) is 12.5. The molecule has 3 aromatic rings. The molecule has 0 aliphatic carbocycles. The van der Waals surface area contributed by atoms with Crippen molar-refractivity contribution in [1.29, 1.82) is 0 Å². The monoisotopic (exact) mass is 284 g/mol. The van der Waals surface area contributed by atoms with Crippen LogP contribution >= 0.6 is 0 Å². The van der Waals surface area contributed by atoms with Crippen molar-refractivity contribution in [3.8, 4) is 17.3 Å². The molecule has 0 amide bonds. The van der Waals surface area contributed by atoms with E-state index in [-0.39, 0.29) is 0 Å². The van der Waals surface area contributed by atoms with Gasteiger partial charge in [0, 0.05) is 17.9 Å². The molecule has 0 fully saturated rings. The SMILES string of the molecule is CCCCCc1ccc(-c2cc3ccc(OC)cc3o2)o1. The van der Waals surface area contributed by atoms with Gasteiger partial charge in [-0.05, 0) is 36.8 Å². The van der Waals surface area contributed by atoms with Gasteiger partial charge in [-0.1, -0.05) is 19.8 Å². The van der Waals surface area contributed by atoms with Gasteiger partial charge in [0.1, 0.15) is 17.1 Å². The molecule has 2 heterocycles. The molecule has 3 heteroatoms. The largest absolute Gasteiger partial charge is 0.497 e. The first-order valence-electron chi connectivity index (χ1n) is 7.47. The zero-order chi connectivity index (χ0) is 14.7. The number of benzene rings is 1. The van der Waals surface area contributed by atoms with Crippen LogP contribution < -0.4 is 4.74 Å². The van der Waals surface area contributed by atoms with E-state index in [2.05, 4.69) is 6.92 Å². The summed E-state index contributed by atoms with van der Waals surface area (Å²) in [6.07, 6.45) is 4.61. The van der Waals surface area contributed by atoms with Gasteiger partial charge in [-0.2, -0.15) is 0 Å². The summed E-state index contributed by atoms with van der Waals surface area (Å²) in [6.45, 7) is 2.20. The van der Waals surface area contributed by atoms with E-state index in [1.165, 1.54) is 19.3 Å². The van der Waals surface area contributed by atoms with E-state index in [9.17, 15) is 0 Å². The number of hydrogen-bond acceptors (Lipinski definition) is 3. The van der Waals surface area contributed by atoms with Crippen LogP contribution in [0.15, 0.2) is 45.2 Å². The van der Waals surface area contributed by atoms with Crippen molar-refractivity contribution in [1.82, 2.24) is 0 Å². The number of ether oxygens (including phenoxy) is 1. The molecule has 1 aromatic carbocycles. The number of hydrogen-bond donors (Lipinski definition) is 0. The number of rotatable bonds is 6. The highest BCUT2D eigenvalue weighted by Crippen LogP contribution is 2.31. The molecule has 110 valence electrons. The van der Waals surface area contributed by atoms with Crippen LogP contribution in [0.5, 0.6) is 5.75 Å². The van der Waals surface area contributed by atoms with E-state index < -0.39 is 0 Å². The van der Waals surface area contributed by atoms with E-state index in [4.69, 9.17) is 13.6 Å². The third-order valence-corrected chi connectivity index (χ3v) is 3.66. The third kappa shape index (κ3) is 2.97. The van der Waals surface area contributed by atoms with E-state index >= 15 is 0 Å². The predicted molar refractivity (Wildman–Crippen MR) is 83.7 cm³/mol. The number of aryl methyl sites for hydroxylation is 1. The Bertz CT molecular complexity index is 721. The fourth-order valence-corrected chi connectivity index (χ4v) is 2.45. The van der Waals surface area contributed by atoms with Crippen LogP contribution in [0.3, 0.4) is 0 Å². The minimum absolute atomic E-state index is 0.764. The molecule has 21 heavy (non-hydrogen) atoms. The molecule has 3 rings (SSSR count). The van der Waals surface area contributed by atoms with Crippen LogP contribution in [0.2, 0.25) is 0 Å². The van der Waals surface area contributed by atoms with Gasteiger partial charge in [-0.25, -0.2) is 0 Å². The molecule has 3 nitrogen and oxygen atoms in total. The maximum Gasteiger partial charge on any atom is 0.170 e. The normalized spacial score (nSPS) is 11.1. The minimum atomic E-state index is 0.764. The van der Waals surface area contributed by atoms with Gasteiger partial charge >= 0.3 is 0 Å². The molecule has 0 spiro atoms. The Labute approximate surface area is 124 Å². The summed E-state index contributed by atoms with van der Waals surface area (Å²) in [5.41, 5.74) is 0.813. The van der Waals surface area contributed by atoms with Gasteiger partial charge in [0.05, 0.1) is 7.11 Å². The number of fused-ring (bicyclic) bond motifs is 1. The van der Waals surface area contributed by atoms with Crippen molar-refractivity contribution in [2.45, 2.75) is 32.6 Å². The Balaban J connectivity index is 1.83. The van der Waals surface area contributed by atoms with Gasteiger partial charge in [-0.15, -0.1) is 0 Å². The van der Waals surface area contributed by atoms with Crippen LogP contribution in [-0.4, -0.2) is 7.11 Å². The lowest BCUT2D eigenvalue weighted by Gasteiger charge is -1.96. The number of methoxy groups -OCH3 is 1. The first kappa shape index (κ1) is 13.8. The van der Waals surface area contributed by atoms with Gasteiger partial charge < -0.3 is 13.6 Å². The summed E-state index contributed by atoms with van der Waals surface area (Å²) < 4.78 is 17.0. The molecule has 0 radical (unpaired) electrons. The van der Waals surface area contributed by atoms with Crippen molar-refractivity contribution in [2.24, 2.45) is 0 Å². The standard InChI is InChI=1S/C18H20O3/c1-3-4-5-6-14-9-10-16(20-14)18-11-13-7-8-15(19-2)12-17(13)21-18/h7-12H,3-6H2,1-2H3. The van der Waals surface area contributed by atoms with Crippen LogP contribution in [0.4, 0.5) is 0 Å². The Kier molecular flexibility index (Phi) is 4.00. The summed E-state index contributed by atoms with van der Waals surface area (Å²) >= 11 is 0. The van der Waals surface area contributed by atoms with E-state index in [0.29, 0.717) is 0 Å². The lowest BCUT2D eigenvalue weighted by molar-refractivity contribution is 0.414. The Hall–Kier alpha value is -2.16. The number of unbranched alkanes of at least 4 members (excludes halogenated alkanes) is 2. The molecule has 0 aliphatic rings. The minimum Gasteiger partial charge on any atom is -0.497 e. The molecule has 2 aromatic heterocycles. The summed E-state index contributed by atoms with van der Waals surface area (Å²) in [7, 11) is 1.65. The molecule has 0 N–H and O–H groups in total. The van der Waals surface area contributed by atoms with Crippen molar-refractivity contribution in [3.05, 3.63) is 42.2 Å². The van der Waals surface area contributed by atoms with Crippen LogP contribution in [0.25, 0.3) is 22.5 Å². The maximum atomic E-state index is 5.88. The quantitative estimate of drug-likeness (QED) is 0.566. The van der Waals surface area contributed by atoms with Crippen LogP contribution in [-0.2, 0) is 6.42 Å². The van der Waals surface area contributed by atoms with Crippen LogP contribution in [0, 0.1) is 0 Å². The van der Waals surface area contributed by atoms with Crippen molar-refractivity contribution >= 4 is 11.0 Å². The van der Waals surface area contributed by atoms with Gasteiger partial charge in [-0.3, -0.25) is 0 Å². The maximum absolute atomic E-state index is 5.88. The summed E-state index contributed by atoms with van der Waals surface area (Å²) in [5, 5.41) is 1.05. The molecular weight excluding hydrogens is 264 g/mol. The van der Waals surface area contributed by atoms with E-state index in [0.717, 1.165) is 40.4 Å². The van der Waals surface area contributed by atoms with Crippen LogP contribution in [0.1, 0.15) is 31.9 Å². The fourth-order valence-electron chi connectivity index (χ4n) is 2.45. The second-order valence-corrected chi connectivity index (χ2v) is 5.24. The fraction of sp³-hybridized carbons (Fsp3) is 0.333. The molecule has 0 atom stereocenters. The van der Waals surface area contributed by atoms with Crippen molar-refractivity contribution < 1.29 is 13.6 Å². The molecule has 0 unspecified atom stereocenters. The molecular formula is C18H20O3. The lowest BCUT2D eigenvalue weighted by Crippen LogP contribution is -1.80. The third-order valence-electron chi connectivity index (χ3n) is 3.66. The highest BCUT2D eigenvalue weighted by atomic mass is 16.5. The Morgan fingerprint density at radius 2 is 1.86 bits per heavy atom. The molecule has 0 saturated heterocycles. The van der Waals surface area contributed by atoms with Crippen molar-refractivity contribution in [2.75, 3.05) is 7.11 Å². The first-order chi connectivity index (χ1) is 10.3. The molecule has 0 saturated carbocycles. The average Bonchev–Trinajstić information content (AvgIpc) is 3.12. The Morgan fingerprint density at radius 1 is 0.952 bits per heavy atom. The smallest absolute Gasteiger partial charge is 0.170 e. The van der Waals surface area contributed by atoms with Gasteiger partial charge in [0.25, 0.3) is 0 Å². The van der Waals surface area contributed by atoms with Crippen molar-refractivity contribution in [3.63, 3.8) is 0 Å². The number of furan rings is 2. The van der Waals surface area contributed by atoms with E-state index in [1.54, 1.807) is 7.11 Å². The Morgan fingerprint density at radius 3 is 2.67 bits per heavy atom. The summed E-state index contributed by atoms with van der Waals surface area (Å²) in [4.78, 5) is 0. The zero-order valence-corrected chi connectivity index (χ0v) is 12.5. The molecule has 0 aliphatic heterocycles. The first-order valence-corrected chi connectivity index (χ1v) is 7.47. The topological polar surface area (TPSA) is 35.5 Å². The highest BCUT2D eigenvalue weighted by Gasteiger charge is 2.11. The second-order valence-electron chi connectivity index (χ2n) is 5.24. The van der Waals surface area contributed by atoms with Gasteiger partial charge in [0.2, 0.25) is 0 Å². The lowest BCUT2D eigenvalue weighted by atomic mass is 10.2. The summed E-state index contributed by atoms with van der Waals surface area (Å²) in [5.74, 6) is 3.37. The second kappa shape index (κ2) is 6.08. The predicted octanol–water partition coefficient (Wildman–Crippen LogP) is 5.43. The molecule has 0 bridgehead atoms.